The molecule has 0 bridgehead atoms. The lowest BCUT2D eigenvalue weighted by atomic mass is 9.98. The number of nitrogens with zero attached hydrogens (tertiary/aromatic N) is 1. The number of nitrogens with two attached hydrogens (primary N) is 1. The Kier molecular flexibility index (Phi) is 5.01. The van der Waals surface area contributed by atoms with Crippen molar-refractivity contribution < 1.29 is 14.3 Å². The summed E-state index contributed by atoms with van der Waals surface area (Å²) in [6.07, 6.45) is 2.00. The highest BCUT2D eigenvalue weighted by Crippen LogP contribution is 2.33. The van der Waals surface area contributed by atoms with Crippen LogP contribution in [0.25, 0.3) is 0 Å². The molecule has 1 aliphatic rings. The lowest BCUT2D eigenvalue weighted by Gasteiger charge is -2.29. The van der Waals surface area contributed by atoms with Crippen LogP contribution in [0.15, 0.2) is 12.1 Å². The molecular weight excluding hydrogens is 244 g/mol. The topological polar surface area (TPSA) is 57.0 Å². The lowest BCUT2D eigenvalue weighted by Crippen LogP contribution is -2.32. The smallest absolute Gasteiger partial charge is 0.161 e. The van der Waals surface area contributed by atoms with Gasteiger partial charge in [-0.15, -0.1) is 0 Å². The highest BCUT2D eigenvalue weighted by atomic mass is 16.6. The maximum atomic E-state index is 5.36. The molecule has 0 radical (unpaired) electrons. The van der Waals surface area contributed by atoms with Crippen LogP contribution in [0.1, 0.15) is 17.5 Å². The molecule has 2 N–H and O–H groups in total. The second-order valence-corrected chi connectivity index (χ2v) is 4.73. The predicted molar refractivity (Wildman–Crippen MR) is 73.3 cm³/mol. The number of hydrogen-bond donors (Lipinski definition) is 1. The highest BCUT2D eigenvalue weighted by Gasteiger charge is 2.18. The average Bonchev–Trinajstić information content (AvgIpc) is 2.46. The normalized spacial score (nSPS) is 15.1. The molecule has 0 unspecified atom stereocenters. The number of fused-ring (bicyclic) bond motifs is 1. The molecule has 0 saturated heterocycles. The van der Waals surface area contributed by atoms with Crippen LogP contribution in [0.5, 0.6) is 11.5 Å². The molecule has 1 aromatic carbocycles. The largest absolute Gasteiger partial charge is 0.493 e. The van der Waals surface area contributed by atoms with Crippen molar-refractivity contribution >= 4 is 0 Å². The van der Waals surface area contributed by atoms with Crippen LogP contribution in [0, 0.1) is 0 Å². The molecule has 0 aromatic heterocycles. The van der Waals surface area contributed by atoms with Gasteiger partial charge in [-0.05, 0) is 36.1 Å². The fourth-order valence-corrected chi connectivity index (χ4v) is 2.50. The SMILES string of the molecule is COc1cc2c(cc1OC)CN(CCCON)CC2. The fourth-order valence-electron chi connectivity index (χ4n) is 2.50. The van der Waals surface area contributed by atoms with E-state index in [2.05, 4.69) is 21.9 Å². The first-order valence-corrected chi connectivity index (χ1v) is 6.56. The Labute approximate surface area is 114 Å². The molecule has 0 aliphatic carbocycles. The van der Waals surface area contributed by atoms with Gasteiger partial charge in [-0.25, -0.2) is 5.90 Å². The quantitative estimate of drug-likeness (QED) is 0.622. The Balaban J connectivity index is 2.07. The Morgan fingerprint density at radius 2 is 1.84 bits per heavy atom. The first-order chi connectivity index (χ1) is 9.28. The Bertz CT molecular complexity index is 423. The van der Waals surface area contributed by atoms with Gasteiger partial charge in [-0.2, -0.15) is 0 Å². The summed E-state index contributed by atoms with van der Waals surface area (Å²) >= 11 is 0. The zero-order valence-corrected chi connectivity index (χ0v) is 11.6. The van der Waals surface area contributed by atoms with Gasteiger partial charge in [0.2, 0.25) is 0 Å². The number of hydrogen-bond acceptors (Lipinski definition) is 5. The van der Waals surface area contributed by atoms with E-state index in [4.69, 9.17) is 15.4 Å². The van der Waals surface area contributed by atoms with Gasteiger partial charge in [0.15, 0.2) is 11.5 Å². The van der Waals surface area contributed by atoms with Gasteiger partial charge < -0.3 is 14.3 Å². The van der Waals surface area contributed by atoms with E-state index in [9.17, 15) is 0 Å². The van der Waals surface area contributed by atoms with E-state index in [-0.39, 0.29) is 0 Å². The summed E-state index contributed by atoms with van der Waals surface area (Å²) in [5, 5.41) is 0. The summed E-state index contributed by atoms with van der Waals surface area (Å²) in [7, 11) is 3.34. The first-order valence-electron chi connectivity index (χ1n) is 6.56. The molecule has 19 heavy (non-hydrogen) atoms. The molecule has 0 amide bonds. The van der Waals surface area contributed by atoms with Crippen LogP contribution in [-0.4, -0.2) is 38.8 Å². The minimum atomic E-state index is 0.606. The van der Waals surface area contributed by atoms with Crippen molar-refractivity contribution in [1.29, 1.82) is 0 Å². The zero-order chi connectivity index (χ0) is 13.7. The first kappa shape index (κ1) is 14.1. The van der Waals surface area contributed by atoms with Crippen LogP contribution in [-0.2, 0) is 17.8 Å². The Hall–Kier alpha value is -1.30. The van der Waals surface area contributed by atoms with Crippen molar-refractivity contribution in [3.8, 4) is 11.5 Å². The molecule has 0 atom stereocenters. The summed E-state index contributed by atoms with van der Waals surface area (Å²) in [4.78, 5) is 7.02. The van der Waals surface area contributed by atoms with Crippen LogP contribution >= 0.6 is 0 Å². The van der Waals surface area contributed by atoms with E-state index in [0.717, 1.165) is 44.0 Å². The molecule has 0 fully saturated rings. The maximum absolute atomic E-state index is 5.36. The maximum Gasteiger partial charge on any atom is 0.161 e. The molecule has 0 spiro atoms. The predicted octanol–water partition coefficient (Wildman–Crippen LogP) is 1.34. The molecular formula is C14H22N2O3. The standard InChI is InChI=1S/C14H22N2O3/c1-17-13-8-11-4-6-16(5-3-7-19-15)10-12(11)9-14(13)18-2/h8-9H,3-7,10,15H2,1-2H3. The lowest BCUT2D eigenvalue weighted by molar-refractivity contribution is 0.121. The minimum Gasteiger partial charge on any atom is -0.493 e. The molecule has 2 rings (SSSR count). The van der Waals surface area contributed by atoms with Gasteiger partial charge in [0.05, 0.1) is 20.8 Å². The summed E-state index contributed by atoms with van der Waals surface area (Å²) in [6, 6.07) is 4.17. The Morgan fingerprint density at radius 3 is 2.47 bits per heavy atom. The number of ether oxygens (including phenoxy) is 2. The second-order valence-electron chi connectivity index (χ2n) is 4.73. The van der Waals surface area contributed by atoms with E-state index >= 15 is 0 Å². The minimum absolute atomic E-state index is 0.606. The molecule has 0 saturated carbocycles. The zero-order valence-electron chi connectivity index (χ0n) is 11.6. The van der Waals surface area contributed by atoms with Crippen molar-refractivity contribution in [1.82, 2.24) is 4.90 Å². The van der Waals surface area contributed by atoms with Crippen LogP contribution in [0.2, 0.25) is 0 Å². The third-order valence-corrected chi connectivity index (χ3v) is 3.53. The van der Waals surface area contributed by atoms with E-state index < -0.39 is 0 Å². The number of benzene rings is 1. The van der Waals surface area contributed by atoms with Crippen molar-refractivity contribution in [2.75, 3.05) is 33.9 Å². The van der Waals surface area contributed by atoms with Gasteiger partial charge in [0, 0.05) is 19.6 Å². The van der Waals surface area contributed by atoms with E-state index in [1.54, 1.807) is 14.2 Å². The second kappa shape index (κ2) is 6.75. The van der Waals surface area contributed by atoms with E-state index in [1.165, 1.54) is 11.1 Å². The monoisotopic (exact) mass is 266 g/mol. The summed E-state index contributed by atoms with van der Waals surface area (Å²) in [5.74, 6) is 6.65. The van der Waals surface area contributed by atoms with Crippen LogP contribution < -0.4 is 15.4 Å². The molecule has 106 valence electrons. The third kappa shape index (κ3) is 3.37. The number of rotatable bonds is 6. The third-order valence-electron chi connectivity index (χ3n) is 3.53. The average molecular weight is 266 g/mol. The van der Waals surface area contributed by atoms with Crippen molar-refractivity contribution in [3.05, 3.63) is 23.3 Å². The molecule has 1 heterocycles. The molecule has 5 heteroatoms. The van der Waals surface area contributed by atoms with E-state index in [0.29, 0.717) is 6.61 Å². The molecule has 1 aliphatic heterocycles. The summed E-state index contributed by atoms with van der Waals surface area (Å²) in [6.45, 7) is 3.62. The number of methoxy groups -OCH3 is 2. The van der Waals surface area contributed by atoms with Gasteiger partial charge in [-0.1, -0.05) is 0 Å². The van der Waals surface area contributed by atoms with Crippen LogP contribution in [0.3, 0.4) is 0 Å². The van der Waals surface area contributed by atoms with Crippen LogP contribution in [0.4, 0.5) is 0 Å². The fraction of sp³-hybridized carbons (Fsp3) is 0.571. The summed E-state index contributed by atoms with van der Waals surface area (Å²) < 4.78 is 10.7. The van der Waals surface area contributed by atoms with Crippen molar-refractivity contribution in [2.45, 2.75) is 19.4 Å². The van der Waals surface area contributed by atoms with Gasteiger partial charge >= 0.3 is 0 Å². The Morgan fingerprint density at radius 1 is 1.16 bits per heavy atom. The van der Waals surface area contributed by atoms with Gasteiger partial charge in [0.25, 0.3) is 0 Å². The molecule has 5 nitrogen and oxygen atoms in total. The molecule has 1 aromatic rings. The van der Waals surface area contributed by atoms with Gasteiger partial charge in [-0.3, -0.25) is 4.90 Å². The van der Waals surface area contributed by atoms with Crippen molar-refractivity contribution in [2.24, 2.45) is 5.90 Å². The van der Waals surface area contributed by atoms with Gasteiger partial charge in [0.1, 0.15) is 0 Å². The van der Waals surface area contributed by atoms with E-state index in [1.807, 2.05) is 0 Å². The highest BCUT2D eigenvalue weighted by molar-refractivity contribution is 5.48. The summed E-state index contributed by atoms with van der Waals surface area (Å²) in [5.41, 5.74) is 2.67. The van der Waals surface area contributed by atoms with Crippen molar-refractivity contribution in [3.63, 3.8) is 0 Å².